The largest absolute Gasteiger partial charge is 0.447 e. The van der Waals surface area contributed by atoms with E-state index < -0.39 is 6.09 Å². The number of anilines is 1. The van der Waals surface area contributed by atoms with Gasteiger partial charge in [0, 0.05) is 15.1 Å². The van der Waals surface area contributed by atoms with E-state index in [1.165, 1.54) is 5.56 Å². The molecule has 124 valence electrons. The van der Waals surface area contributed by atoms with Gasteiger partial charge in [0.1, 0.15) is 0 Å². The number of amides is 1. The lowest BCUT2D eigenvalue weighted by Gasteiger charge is -2.10. The Labute approximate surface area is 152 Å². The highest BCUT2D eigenvalue weighted by Crippen LogP contribution is 2.24. The van der Waals surface area contributed by atoms with Crippen LogP contribution in [-0.2, 0) is 11.2 Å². The second-order valence-electron chi connectivity index (χ2n) is 5.08. The molecule has 0 aliphatic carbocycles. The van der Waals surface area contributed by atoms with E-state index in [1.807, 2.05) is 12.1 Å². The van der Waals surface area contributed by atoms with Crippen molar-refractivity contribution in [1.29, 1.82) is 0 Å². The minimum Gasteiger partial charge on any atom is -0.447 e. The van der Waals surface area contributed by atoms with Crippen LogP contribution in [0, 0.1) is 0 Å². The Morgan fingerprint density at radius 2 is 1.87 bits per heavy atom. The summed E-state index contributed by atoms with van der Waals surface area (Å²) in [7, 11) is 0. The Bertz CT molecular complexity index is 618. The van der Waals surface area contributed by atoms with Crippen LogP contribution >= 0.6 is 28.6 Å². The zero-order valence-electron chi connectivity index (χ0n) is 13.5. The number of aryl methyl sites for hydroxylation is 1. The first-order chi connectivity index (χ1) is 10.9. The molecule has 1 amide bonds. The number of benzene rings is 2. The maximum atomic E-state index is 11.2. The Morgan fingerprint density at radius 3 is 2.35 bits per heavy atom. The number of rotatable bonds is 3. The van der Waals surface area contributed by atoms with Gasteiger partial charge in [0.05, 0.1) is 6.10 Å². The lowest BCUT2D eigenvalue weighted by molar-refractivity contribution is 0.130. The van der Waals surface area contributed by atoms with Gasteiger partial charge >= 0.3 is 6.09 Å². The SMILES string of the molecule is CC(C)OC(=O)Nc1ccc(Br)c(S)c1.CCc1ccccc1. The summed E-state index contributed by atoms with van der Waals surface area (Å²) in [6, 6.07) is 15.8. The van der Waals surface area contributed by atoms with Crippen LogP contribution in [0.5, 0.6) is 0 Å². The van der Waals surface area contributed by atoms with Gasteiger partial charge in [-0.3, -0.25) is 5.32 Å². The number of nitrogens with one attached hydrogen (secondary N) is 1. The summed E-state index contributed by atoms with van der Waals surface area (Å²) in [5.41, 5.74) is 2.07. The molecule has 0 unspecified atom stereocenters. The molecule has 0 aliphatic heterocycles. The van der Waals surface area contributed by atoms with Crippen LogP contribution in [0.25, 0.3) is 0 Å². The van der Waals surface area contributed by atoms with Crippen molar-refractivity contribution in [2.75, 3.05) is 5.32 Å². The number of carbonyl (C=O) groups excluding carboxylic acids is 1. The van der Waals surface area contributed by atoms with Gasteiger partial charge in [-0.05, 0) is 60.0 Å². The van der Waals surface area contributed by atoms with E-state index in [1.54, 1.807) is 26.0 Å². The molecule has 0 fully saturated rings. The molecule has 0 atom stereocenters. The predicted molar refractivity (Wildman–Crippen MR) is 102 cm³/mol. The molecule has 3 nitrogen and oxygen atoms in total. The summed E-state index contributed by atoms with van der Waals surface area (Å²) >= 11 is 7.54. The molecule has 2 aromatic rings. The number of thiol groups is 1. The summed E-state index contributed by atoms with van der Waals surface area (Å²) in [5, 5.41) is 2.61. The highest BCUT2D eigenvalue weighted by Gasteiger charge is 2.06. The van der Waals surface area contributed by atoms with Crippen molar-refractivity contribution in [1.82, 2.24) is 0 Å². The monoisotopic (exact) mass is 395 g/mol. The van der Waals surface area contributed by atoms with Crippen molar-refractivity contribution in [3.05, 3.63) is 58.6 Å². The molecule has 23 heavy (non-hydrogen) atoms. The Balaban J connectivity index is 0.000000277. The normalized spacial score (nSPS) is 9.83. The average Bonchev–Trinajstić information content (AvgIpc) is 2.51. The molecule has 2 rings (SSSR count). The van der Waals surface area contributed by atoms with Gasteiger partial charge in [-0.1, -0.05) is 37.3 Å². The lowest BCUT2D eigenvalue weighted by atomic mass is 10.2. The first kappa shape index (κ1) is 19.6. The second kappa shape index (κ2) is 10.3. The smallest absolute Gasteiger partial charge is 0.411 e. The molecule has 0 spiro atoms. The molecule has 0 heterocycles. The molecular formula is C18H22BrNO2S. The van der Waals surface area contributed by atoms with Crippen LogP contribution in [0.4, 0.5) is 10.5 Å². The topological polar surface area (TPSA) is 38.3 Å². The molecule has 0 saturated heterocycles. The average molecular weight is 396 g/mol. The van der Waals surface area contributed by atoms with E-state index in [9.17, 15) is 4.79 Å². The molecule has 0 bridgehead atoms. The molecule has 0 saturated carbocycles. The number of halogens is 1. The molecular weight excluding hydrogens is 374 g/mol. The fourth-order valence-electron chi connectivity index (χ4n) is 1.67. The number of hydrogen-bond donors (Lipinski definition) is 2. The minimum absolute atomic E-state index is 0.129. The van der Waals surface area contributed by atoms with E-state index in [0.29, 0.717) is 5.69 Å². The van der Waals surface area contributed by atoms with Crippen LogP contribution in [-0.4, -0.2) is 12.2 Å². The predicted octanol–water partition coefficient (Wildman–Crippen LogP) is 5.94. The highest BCUT2D eigenvalue weighted by atomic mass is 79.9. The maximum Gasteiger partial charge on any atom is 0.411 e. The van der Waals surface area contributed by atoms with Gasteiger partial charge in [-0.25, -0.2) is 4.79 Å². The van der Waals surface area contributed by atoms with E-state index >= 15 is 0 Å². The van der Waals surface area contributed by atoms with Crippen molar-refractivity contribution in [3.63, 3.8) is 0 Å². The lowest BCUT2D eigenvalue weighted by Crippen LogP contribution is -2.17. The summed E-state index contributed by atoms with van der Waals surface area (Å²) in [4.78, 5) is 12.0. The van der Waals surface area contributed by atoms with Crippen molar-refractivity contribution >= 4 is 40.3 Å². The number of ether oxygens (including phenoxy) is 1. The van der Waals surface area contributed by atoms with Crippen LogP contribution in [0.15, 0.2) is 57.9 Å². The van der Waals surface area contributed by atoms with Gasteiger partial charge in [0.15, 0.2) is 0 Å². The molecule has 1 N–H and O–H groups in total. The third kappa shape index (κ3) is 8.09. The van der Waals surface area contributed by atoms with Gasteiger partial charge < -0.3 is 4.74 Å². The zero-order valence-corrected chi connectivity index (χ0v) is 16.0. The van der Waals surface area contributed by atoms with Crippen molar-refractivity contribution < 1.29 is 9.53 Å². The summed E-state index contributed by atoms with van der Waals surface area (Å²) in [6.07, 6.45) is 0.553. The molecule has 5 heteroatoms. The molecule has 2 aromatic carbocycles. The van der Waals surface area contributed by atoms with Crippen LogP contribution in [0.3, 0.4) is 0 Å². The standard InChI is InChI=1S/C10H12BrNO2S.C8H10/c1-6(2)14-10(13)12-7-3-4-8(11)9(15)5-7;1-2-8-6-4-3-5-7-8/h3-6,15H,1-2H3,(H,12,13);3-7H,2H2,1H3. The Hall–Kier alpha value is -1.46. The second-order valence-corrected chi connectivity index (χ2v) is 6.42. The van der Waals surface area contributed by atoms with Crippen molar-refractivity contribution in [2.24, 2.45) is 0 Å². The Kier molecular flexibility index (Phi) is 8.81. The molecule has 0 aromatic heterocycles. The quantitative estimate of drug-likeness (QED) is 0.630. The summed E-state index contributed by atoms with van der Waals surface area (Å²) < 4.78 is 5.82. The van der Waals surface area contributed by atoms with Crippen molar-refractivity contribution in [2.45, 2.75) is 38.2 Å². The third-order valence-corrected chi connectivity index (χ3v) is 4.15. The maximum absolute atomic E-state index is 11.2. The summed E-state index contributed by atoms with van der Waals surface area (Å²) in [6.45, 7) is 5.76. The molecule has 0 aliphatic rings. The fourth-order valence-corrected chi connectivity index (χ4v) is 2.13. The highest BCUT2D eigenvalue weighted by molar-refractivity contribution is 9.10. The van der Waals surface area contributed by atoms with Gasteiger partial charge in [0.2, 0.25) is 0 Å². The van der Waals surface area contributed by atoms with E-state index in [0.717, 1.165) is 15.8 Å². The number of hydrogen-bond acceptors (Lipinski definition) is 3. The molecule has 0 radical (unpaired) electrons. The van der Waals surface area contributed by atoms with Gasteiger partial charge in [-0.15, -0.1) is 12.6 Å². The zero-order chi connectivity index (χ0) is 17.2. The van der Waals surface area contributed by atoms with E-state index in [2.05, 4.69) is 65.1 Å². The number of carbonyl (C=O) groups is 1. The van der Waals surface area contributed by atoms with E-state index in [-0.39, 0.29) is 6.10 Å². The van der Waals surface area contributed by atoms with Crippen LogP contribution in [0.2, 0.25) is 0 Å². The van der Waals surface area contributed by atoms with Crippen LogP contribution in [0.1, 0.15) is 26.3 Å². The summed E-state index contributed by atoms with van der Waals surface area (Å²) in [5.74, 6) is 0. The van der Waals surface area contributed by atoms with E-state index in [4.69, 9.17) is 4.74 Å². The third-order valence-electron chi connectivity index (χ3n) is 2.79. The van der Waals surface area contributed by atoms with Gasteiger partial charge in [0.25, 0.3) is 0 Å². The first-order valence-corrected chi connectivity index (χ1v) is 8.66. The van der Waals surface area contributed by atoms with Crippen molar-refractivity contribution in [3.8, 4) is 0 Å². The van der Waals surface area contributed by atoms with Gasteiger partial charge in [-0.2, -0.15) is 0 Å². The van der Waals surface area contributed by atoms with Crippen LogP contribution < -0.4 is 5.32 Å². The Morgan fingerprint density at radius 1 is 1.22 bits per heavy atom. The minimum atomic E-state index is -0.458. The fraction of sp³-hybridized carbons (Fsp3) is 0.278. The first-order valence-electron chi connectivity index (χ1n) is 7.42.